The molecule has 9 aromatic heterocycles. The molecule has 0 atom stereocenters. The first-order valence-electron chi connectivity index (χ1n) is 29.3. The van der Waals surface area contributed by atoms with Gasteiger partial charge in [-0.25, -0.2) is 4.98 Å². The molecule has 0 aliphatic rings. The summed E-state index contributed by atoms with van der Waals surface area (Å²) >= 11 is 6.94. The summed E-state index contributed by atoms with van der Waals surface area (Å²) in [6.07, 6.45) is 17.9. The molecule has 0 saturated heterocycles. The highest BCUT2D eigenvalue weighted by Crippen LogP contribution is 2.25. The Bertz CT molecular complexity index is 2650. The fourth-order valence-corrected chi connectivity index (χ4v) is 8.59. The van der Waals surface area contributed by atoms with Gasteiger partial charge < -0.3 is 15.0 Å². The highest BCUT2D eigenvalue weighted by atomic mass is 32.1. The van der Waals surface area contributed by atoms with E-state index in [1.54, 1.807) is 77.9 Å². The van der Waals surface area contributed by atoms with E-state index in [2.05, 4.69) is 158 Å². The minimum atomic E-state index is 1.22. The molecule has 450 valence electrons. The van der Waals surface area contributed by atoms with Crippen molar-refractivity contribution in [2.24, 2.45) is 0 Å². The van der Waals surface area contributed by atoms with E-state index in [4.69, 9.17) is 0 Å². The average molecular weight is 1190 g/mol. The first-order chi connectivity index (χ1) is 41.0. The number of H-pyrrole nitrogens is 3. The topological polar surface area (TPSA) is 98.9 Å². The van der Waals surface area contributed by atoms with Gasteiger partial charge in [-0.2, -0.15) is 11.3 Å². The summed E-state index contributed by atoms with van der Waals surface area (Å²) in [6.45, 7) is 40.5. The lowest BCUT2D eigenvalue weighted by Crippen LogP contribution is -1.64. The zero-order valence-corrected chi connectivity index (χ0v) is 57.3. The van der Waals surface area contributed by atoms with Crippen molar-refractivity contribution in [3.05, 3.63) is 262 Å². The number of imidazole rings is 1. The van der Waals surface area contributed by atoms with Gasteiger partial charge in [0.05, 0.1) is 11.8 Å². The summed E-state index contributed by atoms with van der Waals surface area (Å²) in [5.74, 6) is 0. The van der Waals surface area contributed by atoms with Crippen LogP contribution in [0.4, 0.5) is 0 Å². The van der Waals surface area contributed by atoms with Gasteiger partial charge in [-0.3, -0.25) is 15.0 Å². The number of benzene rings is 4. The number of nitrogens with zero attached hydrogens (tertiary/aromatic N) is 4. The summed E-state index contributed by atoms with van der Waals surface area (Å²) in [5, 5.41) is 15.8. The van der Waals surface area contributed by atoms with Gasteiger partial charge in [0, 0.05) is 92.4 Å². The lowest BCUT2D eigenvalue weighted by Gasteiger charge is -1.86. The number of hydrogen-bond acceptors (Lipinski definition) is 8. The molecule has 0 aliphatic carbocycles. The molecule has 83 heavy (non-hydrogen) atoms. The molecule has 0 bridgehead atoms. The summed E-state index contributed by atoms with van der Waals surface area (Å²) in [7, 11) is 0. The normalized spacial score (nSPS) is 8.24. The van der Waals surface area contributed by atoms with Crippen LogP contribution in [0.25, 0.3) is 42.0 Å². The second-order valence-electron chi connectivity index (χ2n) is 14.1. The third kappa shape index (κ3) is 39.7. The Morgan fingerprint density at radius 3 is 0.916 bits per heavy atom. The standard InChI is InChI=1S/2C9H9N.2C9H8S.2C5H5N.C4H4S.C3H4N2.C3H3NS.8C2H6/c4*1-7-6-10-9-5-3-2-4-8(7)9;2*1-2-4-6-5-3-1;1-2-4-5-3-1;2*1-2-5-3-4-1;8*1-2/h2*2-6,10H,1H3;2*2-6H,1H3;2*1-5H;1-4H;1-3H,(H,4,5);1-3H;8*1-2H3. The van der Waals surface area contributed by atoms with Crippen molar-refractivity contribution in [1.82, 2.24) is 34.9 Å². The molecule has 9 heterocycles. The molecule has 4 aromatic carbocycles. The van der Waals surface area contributed by atoms with Crippen LogP contribution in [0.2, 0.25) is 0 Å². The molecule has 13 rings (SSSR count). The second-order valence-corrected chi connectivity index (χ2v) is 17.5. The van der Waals surface area contributed by atoms with E-state index in [1.165, 1.54) is 64.2 Å². The van der Waals surface area contributed by atoms with Crippen molar-refractivity contribution in [2.45, 2.75) is 138 Å². The molecular weight excluding hydrogens is 1090 g/mol. The number of fused-ring (bicyclic) bond motifs is 4. The zero-order valence-electron chi connectivity index (χ0n) is 54.0. The first-order valence-corrected chi connectivity index (χ1v) is 33.0. The van der Waals surface area contributed by atoms with E-state index in [0.29, 0.717) is 0 Å². The molecule has 0 unspecified atom stereocenters. The Balaban J connectivity index is -0.000000415. The largest absolute Gasteiger partial charge is 0.361 e. The number of thiazole rings is 1. The first kappa shape index (κ1) is 82.2. The number of nitrogens with one attached hydrogen (secondary N) is 3. The number of hydrogen-bond donors (Lipinski definition) is 3. The maximum Gasteiger partial charge on any atom is 0.0919 e. The smallest absolute Gasteiger partial charge is 0.0919 e. The van der Waals surface area contributed by atoms with Gasteiger partial charge in [-0.15, -0.1) is 34.0 Å². The lowest BCUT2D eigenvalue weighted by molar-refractivity contribution is 1.31. The maximum absolute atomic E-state index is 3.78. The molecule has 0 radical (unpaired) electrons. The average Bonchev–Trinajstić information content (AvgIpc) is 4.48. The number of aromatic amines is 3. The minimum absolute atomic E-state index is 1.22. The highest BCUT2D eigenvalue weighted by molar-refractivity contribution is 7.17. The van der Waals surface area contributed by atoms with Crippen molar-refractivity contribution in [1.29, 1.82) is 0 Å². The number of rotatable bonds is 0. The quantitative estimate of drug-likeness (QED) is 0.141. The Morgan fingerprint density at radius 1 is 0.313 bits per heavy atom. The molecule has 7 nitrogen and oxygen atoms in total. The van der Waals surface area contributed by atoms with E-state index in [0.717, 1.165) is 0 Å². The van der Waals surface area contributed by atoms with Crippen LogP contribution in [0, 0.1) is 27.7 Å². The van der Waals surface area contributed by atoms with Gasteiger partial charge in [-0.1, -0.05) is 208 Å². The van der Waals surface area contributed by atoms with Crippen LogP contribution in [0.1, 0.15) is 133 Å². The van der Waals surface area contributed by atoms with Gasteiger partial charge in [0.2, 0.25) is 0 Å². The fourth-order valence-electron chi connectivity index (χ4n) is 5.90. The summed E-state index contributed by atoms with van der Waals surface area (Å²) in [5.41, 5.74) is 9.65. The van der Waals surface area contributed by atoms with Gasteiger partial charge in [0.15, 0.2) is 0 Å². The van der Waals surface area contributed by atoms with Crippen molar-refractivity contribution in [2.75, 3.05) is 0 Å². The van der Waals surface area contributed by atoms with Crippen LogP contribution >= 0.6 is 45.3 Å². The zero-order chi connectivity index (χ0) is 63.0. The van der Waals surface area contributed by atoms with E-state index in [1.807, 2.05) is 223 Å². The van der Waals surface area contributed by atoms with Crippen LogP contribution in [-0.4, -0.2) is 34.9 Å². The molecule has 0 aliphatic heterocycles. The highest BCUT2D eigenvalue weighted by Gasteiger charge is 1.97. The predicted octanol–water partition coefficient (Wildman–Crippen LogP) is 25.0. The van der Waals surface area contributed by atoms with Crippen molar-refractivity contribution < 1.29 is 0 Å². The van der Waals surface area contributed by atoms with Gasteiger partial charge in [-0.05, 0) is 131 Å². The Kier molecular flexibility index (Phi) is 63.3. The van der Waals surface area contributed by atoms with Crippen molar-refractivity contribution >= 4 is 87.3 Å². The Morgan fingerprint density at radius 2 is 0.687 bits per heavy atom. The maximum atomic E-state index is 3.78. The lowest BCUT2D eigenvalue weighted by atomic mass is 10.2. The van der Waals surface area contributed by atoms with Crippen LogP contribution in [0.5, 0.6) is 0 Å². The third-order valence-electron chi connectivity index (χ3n) is 9.25. The summed E-state index contributed by atoms with van der Waals surface area (Å²) in [6, 6.07) is 49.1. The number of pyridine rings is 2. The summed E-state index contributed by atoms with van der Waals surface area (Å²) in [4.78, 5) is 24.1. The van der Waals surface area contributed by atoms with E-state index < -0.39 is 0 Å². The molecule has 0 fully saturated rings. The fraction of sp³-hybridized carbons (Fsp3) is 0.278. The van der Waals surface area contributed by atoms with Gasteiger partial charge >= 0.3 is 0 Å². The van der Waals surface area contributed by atoms with Crippen LogP contribution in [-0.2, 0) is 0 Å². The van der Waals surface area contributed by atoms with Crippen LogP contribution in [0.3, 0.4) is 0 Å². The molecule has 0 spiro atoms. The van der Waals surface area contributed by atoms with E-state index in [-0.39, 0.29) is 0 Å². The number of para-hydroxylation sites is 2. The van der Waals surface area contributed by atoms with Gasteiger partial charge in [0.1, 0.15) is 0 Å². The molecule has 13 aromatic rings. The predicted molar refractivity (Wildman–Crippen MR) is 383 cm³/mol. The molecular formula is C72H103N7S4. The third-order valence-corrected chi connectivity index (χ3v) is 12.6. The minimum Gasteiger partial charge on any atom is -0.361 e. The Hall–Kier alpha value is -7.28. The second kappa shape index (κ2) is 63.9. The van der Waals surface area contributed by atoms with E-state index in [9.17, 15) is 0 Å². The van der Waals surface area contributed by atoms with Crippen molar-refractivity contribution in [3.8, 4) is 0 Å². The monoisotopic (exact) mass is 1190 g/mol. The number of aryl methyl sites for hydroxylation is 4. The molecule has 0 saturated carbocycles. The molecule has 0 amide bonds. The van der Waals surface area contributed by atoms with Crippen LogP contribution < -0.4 is 0 Å². The molecule has 11 heteroatoms. The Labute approximate surface area is 519 Å². The SMILES string of the molecule is CC.CC.CC.CC.CC.CC.CC.CC.Cc1c[nH]c2ccccc12.Cc1c[nH]c2ccccc12.Cc1csc2ccccc12.Cc1csc2ccccc12.c1c[nH]cn1.c1ccncc1.c1ccncc1.c1ccsc1.c1cscn1. The summed E-state index contributed by atoms with van der Waals surface area (Å²) < 4.78 is 2.78. The van der Waals surface area contributed by atoms with Crippen LogP contribution in [0.15, 0.2) is 240 Å². The van der Waals surface area contributed by atoms with Crippen molar-refractivity contribution in [3.63, 3.8) is 0 Å². The number of aromatic nitrogens is 7. The molecule has 3 N–H and O–H groups in total. The van der Waals surface area contributed by atoms with Gasteiger partial charge in [0.25, 0.3) is 0 Å². The van der Waals surface area contributed by atoms with E-state index >= 15 is 0 Å². The number of thiophene rings is 3.